The van der Waals surface area contributed by atoms with Gasteiger partial charge in [0.2, 0.25) is 0 Å². The van der Waals surface area contributed by atoms with Crippen molar-refractivity contribution in [3.05, 3.63) is 113 Å². The van der Waals surface area contributed by atoms with Gasteiger partial charge in [-0.2, -0.15) is 0 Å². The zero-order chi connectivity index (χ0) is 23.5. The molecule has 0 aliphatic rings. The van der Waals surface area contributed by atoms with Gasteiger partial charge in [-0.05, 0) is 41.5 Å². The number of hydrogen-bond acceptors (Lipinski definition) is 3. The van der Waals surface area contributed by atoms with E-state index in [9.17, 15) is 10.1 Å². The van der Waals surface area contributed by atoms with Gasteiger partial charge in [-0.3, -0.25) is 10.1 Å². The van der Waals surface area contributed by atoms with Crippen molar-refractivity contribution in [2.24, 2.45) is 0 Å². The molecular weight excluding hydrogens is 452 g/mol. The van der Waals surface area contributed by atoms with E-state index in [-0.39, 0.29) is 10.6 Å². The van der Waals surface area contributed by atoms with E-state index >= 15 is 0 Å². The van der Waals surface area contributed by atoms with Crippen molar-refractivity contribution in [2.45, 2.75) is 0 Å². The molecule has 5 heteroatoms. The van der Waals surface area contributed by atoms with Crippen LogP contribution in [0.2, 0.25) is 0 Å². The third kappa shape index (κ3) is 2.99. The van der Waals surface area contributed by atoms with Crippen molar-refractivity contribution < 1.29 is 4.92 Å². The van der Waals surface area contributed by atoms with Gasteiger partial charge in [-0.1, -0.05) is 66.7 Å². The first-order valence-corrected chi connectivity index (χ1v) is 12.2. The fraction of sp³-hybridized carbons (Fsp3) is 0. The Balaban J connectivity index is 1.62. The Bertz CT molecular complexity index is 1930. The molecular formula is C30H18N2O2S. The molecule has 4 nitrogen and oxygen atoms in total. The molecule has 7 aromatic rings. The molecule has 0 radical (unpaired) electrons. The first-order chi connectivity index (χ1) is 17.2. The number of aromatic nitrogens is 1. The molecule has 5 aromatic carbocycles. The van der Waals surface area contributed by atoms with Crippen molar-refractivity contribution in [1.29, 1.82) is 0 Å². The third-order valence-electron chi connectivity index (χ3n) is 6.71. The van der Waals surface area contributed by atoms with Crippen LogP contribution in [0, 0.1) is 10.1 Å². The molecule has 35 heavy (non-hydrogen) atoms. The van der Waals surface area contributed by atoms with Gasteiger partial charge in [0, 0.05) is 48.1 Å². The van der Waals surface area contributed by atoms with E-state index in [0.717, 1.165) is 27.7 Å². The van der Waals surface area contributed by atoms with E-state index in [1.807, 2.05) is 59.9 Å². The van der Waals surface area contributed by atoms with E-state index < -0.39 is 0 Å². The smallest absolute Gasteiger partial charge is 0.277 e. The number of rotatable bonds is 3. The van der Waals surface area contributed by atoms with Gasteiger partial charge >= 0.3 is 0 Å². The summed E-state index contributed by atoms with van der Waals surface area (Å²) in [4.78, 5) is 15.2. The van der Waals surface area contributed by atoms with Crippen LogP contribution < -0.4 is 0 Å². The van der Waals surface area contributed by atoms with Crippen LogP contribution in [0.3, 0.4) is 0 Å². The van der Waals surface area contributed by atoms with Gasteiger partial charge in [0.05, 0.1) is 16.0 Å². The molecule has 0 saturated heterocycles. The quantitative estimate of drug-likeness (QED) is 0.207. The Morgan fingerprint density at radius 2 is 1.43 bits per heavy atom. The normalized spacial score (nSPS) is 11.7. The summed E-state index contributed by atoms with van der Waals surface area (Å²) in [5.41, 5.74) is 5.68. The van der Waals surface area contributed by atoms with Gasteiger partial charge in [-0.25, -0.2) is 0 Å². The molecule has 0 aliphatic carbocycles. The van der Waals surface area contributed by atoms with Gasteiger partial charge in [-0.15, -0.1) is 11.3 Å². The number of thiophene rings is 1. The molecule has 0 unspecified atom stereocenters. The molecule has 0 aliphatic heterocycles. The topological polar surface area (TPSA) is 58.9 Å². The molecule has 0 amide bonds. The minimum absolute atomic E-state index is 0.106. The number of fused-ring (bicyclic) bond motifs is 7. The standard InChI is InChI=1S/C30H18N2O2S/c33-32(34)26-15-14-19(16-22(26)18-8-2-1-3-9-18)23-17-24-20-10-5-7-13-27(20)35-30(24)28-21-11-4-6-12-25(21)31-29(23)28/h1-17,31H. The highest BCUT2D eigenvalue weighted by Gasteiger charge is 2.20. The minimum atomic E-state index is -0.305. The van der Waals surface area contributed by atoms with E-state index in [1.54, 1.807) is 6.07 Å². The number of nitrogens with zero attached hydrogens (tertiary/aromatic N) is 1. The van der Waals surface area contributed by atoms with Crippen LogP contribution in [0.4, 0.5) is 5.69 Å². The number of aromatic amines is 1. The molecule has 1 N–H and O–H groups in total. The number of hydrogen-bond donors (Lipinski definition) is 1. The second kappa shape index (κ2) is 7.52. The lowest BCUT2D eigenvalue weighted by molar-refractivity contribution is -0.384. The molecule has 2 aromatic heterocycles. The third-order valence-corrected chi connectivity index (χ3v) is 7.92. The van der Waals surface area contributed by atoms with Crippen LogP contribution in [0.15, 0.2) is 103 Å². The van der Waals surface area contributed by atoms with E-state index in [4.69, 9.17) is 0 Å². The van der Waals surface area contributed by atoms with Crippen LogP contribution in [-0.2, 0) is 0 Å². The summed E-state index contributed by atoms with van der Waals surface area (Å²) in [5, 5.41) is 16.7. The highest BCUT2D eigenvalue weighted by atomic mass is 32.1. The number of para-hydroxylation sites is 1. The Morgan fingerprint density at radius 1 is 0.686 bits per heavy atom. The summed E-state index contributed by atoms with van der Waals surface area (Å²) in [6.45, 7) is 0. The molecule has 0 atom stereocenters. The fourth-order valence-corrected chi connectivity index (χ4v) is 6.38. The highest BCUT2D eigenvalue weighted by Crippen LogP contribution is 2.46. The van der Waals surface area contributed by atoms with Crippen LogP contribution >= 0.6 is 11.3 Å². The lowest BCUT2D eigenvalue weighted by Gasteiger charge is -2.10. The molecule has 0 bridgehead atoms. The summed E-state index contributed by atoms with van der Waals surface area (Å²) in [7, 11) is 0. The van der Waals surface area contributed by atoms with Crippen molar-refractivity contribution in [2.75, 3.05) is 0 Å². The van der Waals surface area contributed by atoms with E-state index in [2.05, 4.69) is 53.5 Å². The average Bonchev–Trinajstić information content (AvgIpc) is 3.47. The van der Waals surface area contributed by atoms with Crippen LogP contribution in [0.25, 0.3) is 64.2 Å². The molecule has 166 valence electrons. The van der Waals surface area contributed by atoms with Gasteiger partial charge < -0.3 is 4.98 Å². The van der Waals surface area contributed by atoms with Gasteiger partial charge in [0.25, 0.3) is 5.69 Å². The average molecular weight is 471 g/mol. The predicted molar refractivity (Wildman–Crippen MR) is 146 cm³/mol. The number of nitrogens with one attached hydrogen (secondary N) is 1. The number of benzene rings is 5. The molecule has 0 saturated carbocycles. The summed E-state index contributed by atoms with van der Waals surface area (Å²) in [6, 6.07) is 34.1. The van der Waals surface area contributed by atoms with Crippen LogP contribution in [-0.4, -0.2) is 9.91 Å². The molecule has 2 heterocycles. The SMILES string of the molecule is O=[N+]([O-])c1ccc(-c2cc3c4ccccc4sc3c3c2[nH]c2ccccc23)cc1-c1ccccc1. The lowest BCUT2D eigenvalue weighted by Crippen LogP contribution is -1.93. The van der Waals surface area contributed by atoms with Crippen molar-refractivity contribution in [3.8, 4) is 22.3 Å². The zero-order valence-corrected chi connectivity index (χ0v) is 19.3. The Hall–Kier alpha value is -4.48. The van der Waals surface area contributed by atoms with E-state index in [1.165, 1.54) is 30.9 Å². The van der Waals surface area contributed by atoms with Crippen LogP contribution in [0.5, 0.6) is 0 Å². The maximum Gasteiger partial charge on any atom is 0.277 e. The summed E-state index contributed by atoms with van der Waals surface area (Å²) < 4.78 is 2.51. The fourth-order valence-electron chi connectivity index (χ4n) is 5.13. The summed E-state index contributed by atoms with van der Waals surface area (Å²) in [6.07, 6.45) is 0. The maximum atomic E-state index is 11.9. The number of nitro benzene ring substituents is 1. The number of nitro groups is 1. The predicted octanol–water partition coefficient (Wildman–Crippen LogP) is 8.93. The van der Waals surface area contributed by atoms with Crippen molar-refractivity contribution in [1.82, 2.24) is 4.98 Å². The Labute approximate surface area is 204 Å². The first-order valence-electron chi connectivity index (χ1n) is 11.4. The minimum Gasteiger partial charge on any atom is -0.354 e. The second-order valence-electron chi connectivity index (χ2n) is 8.67. The van der Waals surface area contributed by atoms with Crippen LogP contribution in [0.1, 0.15) is 0 Å². The molecule has 0 spiro atoms. The maximum absolute atomic E-state index is 11.9. The second-order valence-corrected chi connectivity index (χ2v) is 9.73. The first kappa shape index (κ1) is 19.9. The Morgan fingerprint density at radius 3 is 2.26 bits per heavy atom. The zero-order valence-electron chi connectivity index (χ0n) is 18.5. The van der Waals surface area contributed by atoms with Crippen molar-refractivity contribution >= 4 is 59.0 Å². The highest BCUT2D eigenvalue weighted by molar-refractivity contribution is 7.26. The monoisotopic (exact) mass is 470 g/mol. The van der Waals surface area contributed by atoms with Crippen molar-refractivity contribution in [3.63, 3.8) is 0 Å². The van der Waals surface area contributed by atoms with E-state index in [0.29, 0.717) is 5.56 Å². The van der Waals surface area contributed by atoms with Gasteiger partial charge in [0.1, 0.15) is 0 Å². The Kier molecular flexibility index (Phi) is 4.28. The molecule has 7 rings (SSSR count). The number of H-pyrrole nitrogens is 1. The summed E-state index contributed by atoms with van der Waals surface area (Å²) >= 11 is 1.81. The van der Waals surface area contributed by atoms with Gasteiger partial charge in [0.15, 0.2) is 0 Å². The summed E-state index contributed by atoms with van der Waals surface area (Å²) in [5.74, 6) is 0. The lowest BCUT2D eigenvalue weighted by atomic mass is 9.94. The molecule has 0 fully saturated rings. The largest absolute Gasteiger partial charge is 0.354 e.